The highest BCUT2D eigenvalue weighted by Gasteiger charge is 1.98. The van der Waals surface area contributed by atoms with Gasteiger partial charge in [0.1, 0.15) is 11.5 Å². The highest BCUT2D eigenvalue weighted by molar-refractivity contribution is 6.30. The van der Waals surface area contributed by atoms with Crippen molar-refractivity contribution in [2.75, 3.05) is 0 Å². The molecule has 0 fully saturated rings. The van der Waals surface area contributed by atoms with E-state index >= 15 is 0 Å². The van der Waals surface area contributed by atoms with Gasteiger partial charge in [0, 0.05) is 11.8 Å². The zero-order chi connectivity index (χ0) is 5.98. The zero-order valence-electron chi connectivity index (χ0n) is 3.81. The van der Waals surface area contributed by atoms with Crippen LogP contribution in [-0.4, -0.2) is 10.9 Å². The standard InChI is InChI=1S/C3H3Cl2N3/c4-3-1-6-2-8(5)7-3/h1-2,7H. The third kappa shape index (κ3) is 1.28. The molecular weight excluding hydrogens is 149 g/mol. The number of halogens is 2. The minimum absolute atomic E-state index is 0.405. The molecule has 0 aromatic heterocycles. The predicted molar refractivity (Wildman–Crippen MR) is 33.3 cm³/mol. The summed E-state index contributed by atoms with van der Waals surface area (Å²) in [4.78, 5) is 3.65. The van der Waals surface area contributed by atoms with Gasteiger partial charge in [0.15, 0.2) is 0 Å². The summed E-state index contributed by atoms with van der Waals surface area (Å²) in [5.74, 6) is 0. The number of aliphatic imine (C=N–C) groups is 1. The molecule has 3 nitrogen and oxygen atoms in total. The minimum atomic E-state index is 0.405. The first-order valence-corrected chi connectivity index (χ1v) is 2.61. The number of hydrogen-bond acceptors (Lipinski definition) is 3. The van der Waals surface area contributed by atoms with Crippen LogP contribution in [-0.2, 0) is 0 Å². The first kappa shape index (κ1) is 5.72. The van der Waals surface area contributed by atoms with Crippen LogP contribution in [0.25, 0.3) is 0 Å². The van der Waals surface area contributed by atoms with Gasteiger partial charge in [-0.1, -0.05) is 11.6 Å². The van der Waals surface area contributed by atoms with Gasteiger partial charge in [0.05, 0.1) is 6.20 Å². The van der Waals surface area contributed by atoms with E-state index in [1.54, 1.807) is 0 Å². The van der Waals surface area contributed by atoms with Crippen LogP contribution in [0.5, 0.6) is 0 Å². The maximum absolute atomic E-state index is 5.42. The van der Waals surface area contributed by atoms with E-state index in [1.807, 2.05) is 0 Å². The summed E-state index contributed by atoms with van der Waals surface area (Å²) in [6.45, 7) is 0. The molecule has 0 spiro atoms. The Morgan fingerprint density at radius 3 is 2.88 bits per heavy atom. The van der Waals surface area contributed by atoms with Crippen molar-refractivity contribution in [2.45, 2.75) is 0 Å². The predicted octanol–water partition coefficient (Wildman–Crippen LogP) is 1.03. The third-order valence-corrected chi connectivity index (χ3v) is 0.923. The SMILES string of the molecule is ClC1=CN=CN(Cl)N1. The van der Waals surface area contributed by atoms with Crippen LogP contribution in [0.3, 0.4) is 0 Å². The van der Waals surface area contributed by atoms with Gasteiger partial charge < -0.3 is 0 Å². The van der Waals surface area contributed by atoms with Gasteiger partial charge in [-0.3, -0.25) is 5.43 Å². The molecule has 0 aromatic carbocycles. The molecule has 1 N–H and O–H groups in total. The normalized spacial score (nSPS) is 17.8. The topological polar surface area (TPSA) is 27.6 Å². The van der Waals surface area contributed by atoms with E-state index in [0.717, 1.165) is 4.53 Å². The van der Waals surface area contributed by atoms with Crippen molar-refractivity contribution in [3.05, 3.63) is 11.4 Å². The average Bonchev–Trinajstić information content (AvgIpc) is 1.64. The summed E-state index contributed by atoms with van der Waals surface area (Å²) >= 11 is 10.8. The Morgan fingerprint density at radius 1 is 1.75 bits per heavy atom. The largest absolute Gasteiger partial charge is 0.270 e. The lowest BCUT2D eigenvalue weighted by Crippen LogP contribution is -2.27. The van der Waals surface area contributed by atoms with Crippen LogP contribution in [0.2, 0.25) is 0 Å². The molecule has 0 atom stereocenters. The Hall–Kier alpha value is -0.410. The molecule has 0 saturated carbocycles. The Bertz CT molecular complexity index is 141. The van der Waals surface area contributed by atoms with Gasteiger partial charge in [0.25, 0.3) is 0 Å². The molecule has 5 heteroatoms. The van der Waals surface area contributed by atoms with E-state index in [2.05, 4.69) is 10.4 Å². The highest BCUT2D eigenvalue weighted by atomic mass is 35.5. The maximum Gasteiger partial charge on any atom is 0.140 e. The minimum Gasteiger partial charge on any atom is -0.270 e. The van der Waals surface area contributed by atoms with Crippen molar-refractivity contribution in [2.24, 2.45) is 4.99 Å². The smallest absolute Gasteiger partial charge is 0.140 e. The van der Waals surface area contributed by atoms with Crippen LogP contribution in [0.4, 0.5) is 0 Å². The van der Waals surface area contributed by atoms with Gasteiger partial charge in [-0.05, 0) is 0 Å². The monoisotopic (exact) mass is 151 g/mol. The molecule has 0 saturated heterocycles. The lowest BCUT2D eigenvalue weighted by Gasteiger charge is -2.13. The van der Waals surface area contributed by atoms with Crippen molar-refractivity contribution in [3.63, 3.8) is 0 Å². The summed E-state index contributed by atoms with van der Waals surface area (Å²) in [5, 5.41) is 0.405. The van der Waals surface area contributed by atoms with Crippen molar-refractivity contribution in [1.82, 2.24) is 9.95 Å². The fourth-order valence-electron chi connectivity index (χ4n) is 0.317. The molecule has 1 heterocycles. The zero-order valence-corrected chi connectivity index (χ0v) is 5.32. The molecule has 44 valence electrons. The number of rotatable bonds is 0. The molecule has 1 rings (SSSR count). The molecular formula is C3H3Cl2N3. The quantitative estimate of drug-likeness (QED) is 0.414. The van der Waals surface area contributed by atoms with E-state index in [4.69, 9.17) is 23.4 Å². The van der Waals surface area contributed by atoms with Crippen LogP contribution < -0.4 is 5.43 Å². The molecule has 0 bridgehead atoms. The Labute approximate surface area is 56.7 Å². The van der Waals surface area contributed by atoms with Gasteiger partial charge in [-0.25, -0.2) is 4.99 Å². The fraction of sp³-hybridized carbons (Fsp3) is 0. The summed E-state index contributed by atoms with van der Waals surface area (Å²) < 4.78 is 1.14. The maximum atomic E-state index is 5.42. The fourth-order valence-corrected chi connectivity index (χ4v) is 0.649. The first-order valence-electron chi connectivity index (χ1n) is 1.89. The Kier molecular flexibility index (Phi) is 1.60. The molecule has 1 aliphatic heterocycles. The lowest BCUT2D eigenvalue weighted by atomic mass is 10.9. The van der Waals surface area contributed by atoms with Gasteiger partial charge in [-0.15, -0.1) is 0 Å². The first-order chi connectivity index (χ1) is 3.79. The molecule has 0 aromatic rings. The van der Waals surface area contributed by atoms with Gasteiger partial charge in [-0.2, -0.15) is 4.53 Å². The van der Waals surface area contributed by atoms with Crippen LogP contribution in [0, 0.1) is 0 Å². The number of nitrogens with one attached hydrogen (secondary N) is 1. The number of hydrogen-bond donors (Lipinski definition) is 1. The Morgan fingerprint density at radius 2 is 2.50 bits per heavy atom. The number of hydrazine groups is 1. The second-order valence-electron chi connectivity index (χ2n) is 1.16. The highest BCUT2D eigenvalue weighted by Crippen LogP contribution is 2.02. The molecule has 0 amide bonds. The van der Waals surface area contributed by atoms with E-state index in [9.17, 15) is 0 Å². The molecule has 1 aliphatic rings. The summed E-state index contributed by atoms with van der Waals surface area (Å²) in [7, 11) is 0. The van der Waals surface area contributed by atoms with E-state index < -0.39 is 0 Å². The van der Waals surface area contributed by atoms with Crippen molar-refractivity contribution < 1.29 is 0 Å². The lowest BCUT2D eigenvalue weighted by molar-refractivity contribution is 0.566. The van der Waals surface area contributed by atoms with Crippen molar-refractivity contribution >= 4 is 29.7 Å². The van der Waals surface area contributed by atoms with E-state index in [1.165, 1.54) is 12.5 Å². The van der Waals surface area contributed by atoms with Crippen LogP contribution in [0.1, 0.15) is 0 Å². The Balaban J connectivity index is 2.59. The van der Waals surface area contributed by atoms with E-state index in [0.29, 0.717) is 5.16 Å². The molecule has 0 unspecified atom stereocenters. The van der Waals surface area contributed by atoms with E-state index in [-0.39, 0.29) is 0 Å². The average molecular weight is 152 g/mol. The van der Waals surface area contributed by atoms with Crippen molar-refractivity contribution in [3.8, 4) is 0 Å². The van der Waals surface area contributed by atoms with Gasteiger partial charge in [0.2, 0.25) is 0 Å². The van der Waals surface area contributed by atoms with Crippen molar-refractivity contribution in [1.29, 1.82) is 0 Å². The second-order valence-corrected chi connectivity index (χ2v) is 1.94. The second kappa shape index (κ2) is 2.24. The number of nitrogens with zero attached hydrogens (tertiary/aromatic N) is 2. The summed E-state index contributed by atoms with van der Waals surface area (Å²) in [6, 6.07) is 0. The summed E-state index contributed by atoms with van der Waals surface area (Å²) in [5.41, 5.74) is 2.56. The molecule has 0 aliphatic carbocycles. The van der Waals surface area contributed by atoms with Crippen LogP contribution in [0.15, 0.2) is 16.3 Å². The third-order valence-electron chi connectivity index (χ3n) is 0.570. The summed E-state index contributed by atoms with van der Waals surface area (Å²) in [6.07, 6.45) is 2.86. The molecule has 8 heavy (non-hydrogen) atoms. The van der Waals surface area contributed by atoms with Crippen LogP contribution >= 0.6 is 23.4 Å². The molecule has 0 radical (unpaired) electrons. The van der Waals surface area contributed by atoms with Gasteiger partial charge >= 0.3 is 0 Å².